The van der Waals surface area contributed by atoms with E-state index < -0.39 is 11.5 Å². The zero-order valence-corrected chi connectivity index (χ0v) is 10.6. The summed E-state index contributed by atoms with van der Waals surface area (Å²) >= 11 is 5.75. The minimum atomic E-state index is -0.928. The fourth-order valence-electron chi connectivity index (χ4n) is 1.38. The molecule has 1 N–H and O–H groups in total. The minimum absolute atomic E-state index is 0.158. The van der Waals surface area contributed by atoms with E-state index >= 15 is 0 Å². The Bertz CT molecular complexity index is 363. The lowest BCUT2D eigenvalue weighted by Gasteiger charge is -2.24. The van der Waals surface area contributed by atoms with Crippen LogP contribution in [0, 0.1) is 5.41 Å². The van der Waals surface area contributed by atoms with E-state index in [0.717, 1.165) is 5.56 Å². The van der Waals surface area contributed by atoms with Gasteiger partial charge in [-0.05, 0) is 23.1 Å². The standard InChI is InChI=1S/C13H17ClO2/c1-13(2,3)12(16)11(15)8-9-4-6-10(14)7-5-9/h4-7,12,16H,8H2,1-3H3. The molecule has 0 aromatic heterocycles. The van der Waals surface area contributed by atoms with Crippen molar-refractivity contribution < 1.29 is 9.90 Å². The maximum atomic E-state index is 11.8. The van der Waals surface area contributed by atoms with Crippen LogP contribution in [0.5, 0.6) is 0 Å². The van der Waals surface area contributed by atoms with E-state index in [9.17, 15) is 9.90 Å². The van der Waals surface area contributed by atoms with Crippen LogP contribution in [0.1, 0.15) is 26.3 Å². The molecule has 1 unspecified atom stereocenters. The Morgan fingerprint density at radius 1 is 1.31 bits per heavy atom. The number of aliphatic hydroxyl groups excluding tert-OH is 1. The first-order valence-corrected chi connectivity index (χ1v) is 5.64. The van der Waals surface area contributed by atoms with Gasteiger partial charge in [-0.1, -0.05) is 44.5 Å². The Hall–Kier alpha value is -0.860. The second-order valence-electron chi connectivity index (χ2n) is 5.04. The van der Waals surface area contributed by atoms with Crippen molar-refractivity contribution in [2.45, 2.75) is 33.3 Å². The van der Waals surface area contributed by atoms with Crippen molar-refractivity contribution >= 4 is 17.4 Å². The number of benzene rings is 1. The van der Waals surface area contributed by atoms with E-state index in [0.29, 0.717) is 5.02 Å². The van der Waals surface area contributed by atoms with Crippen molar-refractivity contribution in [3.05, 3.63) is 34.9 Å². The molecule has 0 fully saturated rings. The Morgan fingerprint density at radius 3 is 2.25 bits per heavy atom. The first-order chi connectivity index (χ1) is 7.30. The van der Waals surface area contributed by atoms with Crippen LogP contribution in [0.3, 0.4) is 0 Å². The molecule has 0 aliphatic rings. The number of aliphatic hydroxyl groups is 1. The summed E-state index contributed by atoms with van der Waals surface area (Å²) in [6, 6.07) is 7.09. The summed E-state index contributed by atoms with van der Waals surface area (Å²) in [6.45, 7) is 5.53. The van der Waals surface area contributed by atoms with Gasteiger partial charge < -0.3 is 5.11 Å². The third-order valence-corrected chi connectivity index (χ3v) is 2.67. The number of hydrogen-bond acceptors (Lipinski definition) is 2. The highest BCUT2D eigenvalue weighted by molar-refractivity contribution is 6.30. The molecular weight excluding hydrogens is 224 g/mol. The highest BCUT2D eigenvalue weighted by Gasteiger charge is 2.28. The van der Waals surface area contributed by atoms with Gasteiger partial charge in [0.25, 0.3) is 0 Å². The molecule has 16 heavy (non-hydrogen) atoms. The smallest absolute Gasteiger partial charge is 0.166 e. The number of rotatable bonds is 3. The molecule has 0 amide bonds. The number of ketones is 1. The van der Waals surface area contributed by atoms with Gasteiger partial charge in [-0.3, -0.25) is 4.79 Å². The summed E-state index contributed by atoms with van der Waals surface area (Å²) in [5.74, 6) is -0.158. The predicted octanol–water partition coefficient (Wildman–Crippen LogP) is 2.86. The van der Waals surface area contributed by atoms with E-state index in [4.69, 9.17) is 11.6 Å². The lowest BCUT2D eigenvalue weighted by atomic mass is 9.85. The molecule has 1 aromatic carbocycles. The summed E-state index contributed by atoms with van der Waals surface area (Å²) in [5, 5.41) is 10.4. The molecule has 0 radical (unpaired) electrons. The topological polar surface area (TPSA) is 37.3 Å². The second kappa shape index (κ2) is 4.98. The molecule has 0 saturated carbocycles. The summed E-state index contributed by atoms with van der Waals surface area (Å²) in [5.41, 5.74) is 0.460. The van der Waals surface area contributed by atoms with Gasteiger partial charge in [0.2, 0.25) is 0 Å². The van der Waals surface area contributed by atoms with Crippen molar-refractivity contribution in [2.24, 2.45) is 5.41 Å². The number of Topliss-reactive ketones (excluding diaryl/α,β-unsaturated/α-hetero) is 1. The molecule has 0 bridgehead atoms. The summed E-state index contributed by atoms with van der Waals surface area (Å²) < 4.78 is 0. The monoisotopic (exact) mass is 240 g/mol. The molecule has 0 spiro atoms. The molecule has 1 aromatic rings. The zero-order chi connectivity index (χ0) is 12.3. The van der Waals surface area contributed by atoms with Gasteiger partial charge >= 0.3 is 0 Å². The molecule has 0 saturated heterocycles. The highest BCUT2D eigenvalue weighted by atomic mass is 35.5. The summed E-state index contributed by atoms with van der Waals surface area (Å²) in [6.07, 6.45) is -0.682. The molecule has 0 aliphatic carbocycles. The van der Waals surface area contributed by atoms with Crippen molar-refractivity contribution in [3.8, 4) is 0 Å². The number of hydrogen-bond donors (Lipinski definition) is 1. The van der Waals surface area contributed by atoms with Crippen LogP contribution >= 0.6 is 11.6 Å². The highest BCUT2D eigenvalue weighted by Crippen LogP contribution is 2.21. The summed E-state index contributed by atoms with van der Waals surface area (Å²) in [4.78, 5) is 11.8. The van der Waals surface area contributed by atoms with Crippen LogP contribution in [0.4, 0.5) is 0 Å². The van der Waals surface area contributed by atoms with Crippen LogP contribution in [-0.4, -0.2) is 17.0 Å². The largest absolute Gasteiger partial charge is 0.385 e. The Kier molecular flexibility index (Phi) is 4.11. The van der Waals surface area contributed by atoms with Crippen molar-refractivity contribution in [1.82, 2.24) is 0 Å². The van der Waals surface area contributed by atoms with Crippen molar-refractivity contribution in [3.63, 3.8) is 0 Å². The van der Waals surface area contributed by atoms with E-state index in [1.807, 2.05) is 20.8 Å². The maximum absolute atomic E-state index is 11.8. The Balaban J connectivity index is 2.68. The molecule has 2 nitrogen and oxygen atoms in total. The van der Waals surface area contributed by atoms with Gasteiger partial charge in [0.1, 0.15) is 6.10 Å². The third-order valence-electron chi connectivity index (χ3n) is 2.42. The minimum Gasteiger partial charge on any atom is -0.385 e. The van der Waals surface area contributed by atoms with Crippen molar-refractivity contribution in [1.29, 1.82) is 0 Å². The lowest BCUT2D eigenvalue weighted by molar-refractivity contribution is -0.131. The SMILES string of the molecule is CC(C)(C)C(O)C(=O)Cc1ccc(Cl)cc1. The quantitative estimate of drug-likeness (QED) is 0.882. The van der Waals surface area contributed by atoms with Gasteiger partial charge in [0.15, 0.2) is 5.78 Å². The molecule has 1 rings (SSSR count). The average Bonchev–Trinajstić information content (AvgIpc) is 2.19. The molecular formula is C13H17ClO2. The third kappa shape index (κ3) is 3.62. The number of carbonyl (C=O) groups excluding carboxylic acids is 1. The lowest BCUT2D eigenvalue weighted by Crippen LogP contribution is -2.35. The van der Waals surface area contributed by atoms with Crippen LogP contribution in [0.15, 0.2) is 24.3 Å². The maximum Gasteiger partial charge on any atom is 0.166 e. The Labute approximate surface area is 101 Å². The Morgan fingerprint density at radius 2 is 1.81 bits per heavy atom. The predicted molar refractivity (Wildman–Crippen MR) is 65.6 cm³/mol. The van der Waals surface area contributed by atoms with Gasteiger partial charge in [-0.25, -0.2) is 0 Å². The molecule has 1 atom stereocenters. The van der Waals surface area contributed by atoms with Crippen LogP contribution < -0.4 is 0 Å². The molecule has 88 valence electrons. The van der Waals surface area contributed by atoms with Crippen LogP contribution in [0.2, 0.25) is 5.02 Å². The van der Waals surface area contributed by atoms with E-state index in [-0.39, 0.29) is 12.2 Å². The van der Waals surface area contributed by atoms with Gasteiger partial charge in [-0.2, -0.15) is 0 Å². The van der Waals surface area contributed by atoms with Gasteiger partial charge in [0, 0.05) is 11.4 Å². The summed E-state index contributed by atoms with van der Waals surface area (Å²) in [7, 11) is 0. The van der Waals surface area contributed by atoms with E-state index in [1.165, 1.54) is 0 Å². The van der Waals surface area contributed by atoms with Crippen LogP contribution in [-0.2, 0) is 11.2 Å². The van der Waals surface area contributed by atoms with E-state index in [1.54, 1.807) is 24.3 Å². The second-order valence-corrected chi connectivity index (χ2v) is 5.47. The molecule has 0 heterocycles. The van der Waals surface area contributed by atoms with Crippen molar-refractivity contribution in [2.75, 3.05) is 0 Å². The average molecular weight is 241 g/mol. The normalized spacial score (nSPS) is 13.6. The molecule has 3 heteroatoms. The zero-order valence-electron chi connectivity index (χ0n) is 9.83. The number of halogens is 1. The number of carbonyl (C=O) groups is 1. The van der Waals surface area contributed by atoms with E-state index in [2.05, 4.69) is 0 Å². The fourth-order valence-corrected chi connectivity index (χ4v) is 1.51. The first-order valence-electron chi connectivity index (χ1n) is 5.26. The molecule has 0 aliphatic heterocycles. The van der Waals surface area contributed by atoms with Gasteiger partial charge in [-0.15, -0.1) is 0 Å². The fraction of sp³-hybridized carbons (Fsp3) is 0.462. The first kappa shape index (κ1) is 13.2. The van der Waals surface area contributed by atoms with Crippen LogP contribution in [0.25, 0.3) is 0 Å². The van der Waals surface area contributed by atoms with Gasteiger partial charge in [0.05, 0.1) is 0 Å².